The Morgan fingerprint density at radius 1 is 1.43 bits per heavy atom. The molecule has 1 unspecified atom stereocenters. The highest BCUT2D eigenvalue weighted by Gasteiger charge is 2.35. The first kappa shape index (κ1) is 14.2. The summed E-state index contributed by atoms with van der Waals surface area (Å²) in [5.41, 5.74) is 1.22. The zero-order chi connectivity index (χ0) is 15.8. The van der Waals surface area contributed by atoms with Gasteiger partial charge >= 0.3 is 0 Å². The first-order chi connectivity index (χ1) is 11.2. The van der Waals surface area contributed by atoms with Crippen molar-refractivity contribution in [3.05, 3.63) is 46.2 Å². The molecular formula is C16H15N3O3S. The third kappa shape index (κ3) is 2.92. The van der Waals surface area contributed by atoms with Crippen molar-refractivity contribution in [3.63, 3.8) is 0 Å². The third-order valence-corrected chi connectivity index (χ3v) is 4.84. The quantitative estimate of drug-likeness (QED) is 0.774. The Labute approximate surface area is 136 Å². The molecule has 0 aliphatic heterocycles. The van der Waals surface area contributed by atoms with Crippen molar-refractivity contribution < 1.29 is 13.7 Å². The van der Waals surface area contributed by atoms with Crippen LogP contribution >= 0.6 is 11.3 Å². The topological polar surface area (TPSA) is 81.2 Å². The van der Waals surface area contributed by atoms with Gasteiger partial charge in [0.1, 0.15) is 5.01 Å². The number of nitrogens with one attached hydrogen (secondary N) is 1. The number of aryl methyl sites for hydroxylation is 1. The molecule has 1 saturated carbocycles. The van der Waals surface area contributed by atoms with E-state index >= 15 is 0 Å². The van der Waals surface area contributed by atoms with Gasteiger partial charge in [0, 0.05) is 17.1 Å². The van der Waals surface area contributed by atoms with Crippen molar-refractivity contribution in [1.29, 1.82) is 0 Å². The molecule has 118 valence electrons. The van der Waals surface area contributed by atoms with Crippen LogP contribution in [0.1, 0.15) is 40.1 Å². The molecule has 23 heavy (non-hydrogen) atoms. The average Bonchev–Trinajstić information content (AvgIpc) is 2.99. The molecule has 3 heterocycles. The van der Waals surface area contributed by atoms with E-state index < -0.39 is 0 Å². The first-order valence-corrected chi connectivity index (χ1v) is 8.32. The van der Waals surface area contributed by atoms with Crippen LogP contribution in [0.2, 0.25) is 0 Å². The Kier molecular flexibility index (Phi) is 3.49. The van der Waals surface area contributed by atoms with E-state index in [9.17, 15) is 4.79 Å². The molecule has 0 aromatic carbocycles. The number of amides is 1. The monoisotopic (exact) mass is 329 g/mol. The number of hydrogen-bond donors (Lipinski definition) is 1. The van der Waals surface area contributed by atoms with Crippen molar-refractivity contribution in [2.24, 2.45) is 5.92 Å². The lowest BCUT2D eigenvalue weighted by Crippen LogP contribution is -2.30. The van der Waals surface area contributed by atoms with Gasteiger partial charge in [-0.2, -0.15) is 0 Å². The number of aromatic nitrogens is 2. The van der Waals surface area contributed by atoms with Crippen molar-refractivity contribution in [1.82, 2.24) is 15.5 Å². The van der Waals surface area contributed by atoms with Crippen LogP contribution in [0.3, 0.4) is 0 Å². The summed E-state index contributed by atoms with van der Waals surface area (Å²) in [4.78, 5) is 17.0. The highest BCUT2D eigenvalue weighted by Crippen LogP contribution is 2.42. The molecule has 6 nitrogen and oxygen atoms in total. The first-order valence-electron chi connectivity index (χ1n) is 7.44. The normalized spacial score (nSPS) is 15.5. The molecule has 7 heteroatoms. The summed E-state index contributed by atoms with van der Waals surface area (Å²) in [6.07, 6.45) is 3.77. The summed E-state index contributed by atoms with van der Waals surface area (Å²) in [6.45, 7) is 1.96. The van der Waals surface area contributed by atoms with Crippen LogP contribution in [0, 0.1) is 12.8 Å². The lowest BCUT2D eigenvalue weighted by Gasteiger charge is -2.14. The van der Waals surface area contributed by atoms with Crippen molar-refractivity contribution in [2.75, 3.05) is 0 Å². The number of thiazole rings is 1. The minimum absolute atomic E-state index is 0.0510. The average molecular weight is 329 g/mol. The Bertz CT molecular complexity index is 817. The maximum absolute atomic E-state index is 12.5. The van der Waals surface area contributed by atoms with Gasteiger partial charge in [-0.25, -0.2) is 4.98 Å². The lowest BCUT2D eigenvalue weighted by atomic mass is 10.2. The van der Waals surface area contributed by atoms with E-state index in [1.165, 1.54) is 0 Å². The molecule has 1 aliphatic carbocycles. The standard InChI is InChI=1S/C16H15N3O3S/c1-9-8-23-16(17-9)14(10-4-5-10)18-15(20)11-7-13(22-19-11)12-3-2-6-21-12/h2-3,6-8,10,14H,4-5H2,1H3,(H,18,20). The van der Waals surface area contributed by atoms with Gasteiger partial charge in [-0.3, -0.25) is 4.79 Å². The molecule has 4 rings (SSSR count). The van der Waals surface area contributed by atoms with Crippen LogP contribution in [0.25, 0.3) is 11.5 Å². The molecule has 0 spiro atoms. The zero-order valence-electron chi connectivity index (χ0n) is 12.5. The van der Waals surface area contributed by atoms with Crippen molar-refractivity contribution in [3.8, 4) is 11.5 Å². The predicted molar refractivity (Wildman–Crippen MR) is 84.0 cm³/mol. The summed E-state index contributed by atoms with van der Waals surface area (Å²) in [5, 5.41) is 9.83. The minimum Gasteiger partial charge on any atom is -0.461 e. The van der Waals surface area contributed by atoms with Crippen LogP contribution in [-0.4, -0.2) is 16.0 Å². The molecule has 1 fully saturated rings. The van der Waals surface area contributed by atoms with Gasteiger partial charge in [0.25, 0.3) is 5.91 Å². The second kappa shape index (κ2) is 5.66. The number of nitrogens with zero attached hydrogens (tertiary/aromatic N) is 2. The van der Waals surface area contributed by atoms with Gasteiger partial charge < -0.3 is 14.3 Å². The SMILES string of the molecule is Cc1csc(C(NC(=O)c2cc(-c3ccco3)on2)C2CC2)n1. The van der Waals surface area contributed by atoms with E-state index in [1.54, 1.807) is 35.8 Å². The second-order valence-corrected chi connectivity index (χ2v) is 6.56. The van der Waals surface area contributed by atoms with Crippen LogP contribution in [-0.2, 0) is 0 Å². The van der Waals surface area contributed by atoms with Crippen molar-refractivity contribution >= 4 is 17.2 Å². The zero-order valence-corrected chi connectivity index (χ0v) is 13.3. The molecule has 1 atom stereocenters. The van der Waals surface area contributed by atoms with Crippen molar-refractivity contribution in [2.45, 2.75) is 25.8 Å². The van der Waals surface area contributed by atoms with Crippen LogP contribution < -0.4 is 5.32 Å². The summed E-state index contributed by atoms with van der Waals surface area (Å²) >= 11 is 1.58. The summed E-state index contributed by atoms with van der Waals surface area (Å²) in [7, 11) is 0. The van der Waals surface area contributed by atoms with Gasteiger partial charge in [0.05, 0.1) is 12.3 Å². The van der Waals surface area contributed by atoms with Gasteiger partial charge in [0.2, 0.25) is 5.76 Å². The Morgan fingerprint density at radius 3 is 2.96 bits per heavy atom. The van der Waals surface area contributed by atoms with E-state index in [0.29, 0.717) is 17.4 Å². The van der Waals surface area contributed by atoms with E-state index in [4.69, 9.17) is 8.94 Å². The van der Waals surface area contributed by atoms with Crippen LogP contribution in [0.5, 0.6) is 0 Å². The largest absolute Gasteiger partial charge is 0.461 e. The van der Waals surface area contributed by atoms with Gasteiger partial charge in [-0.05, 0) is 37.8 Å². The number of carbonyl (C=O) groups excluding carboxylic acids is 1. The van der Waals surface area contributed by atoms with E-state index in [2.05, 4.69) is 15.5 Å². The molecular weight excluding hydrogens is 314 g/mol. The molecule has 3 aromatic rings. The predicted octanol–water partition coefficient (Wildman–Crippen LogP) is 3.58. The maximum Gasteiger partial charge on any atom is 0.274 e. The number of carbonyl (C=O) groups is 1. The molecule has 0 bridgehead atoms. The molecule has 0 saturated heterocycles. The Hall–Kier alpha value is -2.41. The minimum atomic E-state index is -0.253. The highest BCUT2D eigenvalue weighted by molar-refractivity contribution is 7.09. The molecule has 0 radical (unpaired) electrons. The number of rotatable bonds is 5. The number of furan rings is 1. The third-order valence-electron chi connectivity index (χ3n) is 3.79. The summed E-state index contributed by atoms with van der Waals surface area (Å²) in [5.74, 6) is 1.19. The Balaban J connectivity index is 1.52. The van der Waals surface area contributed by atoms with E-state index in [1.807, 2.05) is 12.3 Å². The summed E-state index contributed by atoms with van der Waals surface area (Å²) < 4.78 is 10.4. The van der Waals surface area contributed by atoms with Crippen LogP contribution in [0.15, 0.2) is 38.8 Å². The lowest BCUT2D eigenvalue weighted by molar-refractivity contribution is 0.0922. The maximum atomic E-state index is 12.5. The van der Waals surface area contributed by atoms with Gasteiger partial charge in [0.15, 0.2) is 11.5 Å². The van der Waals surface area contributed by atoms with Gasteiger partial charge in [-0.15, -0.1) is 11.3 Å². The Morgan fingerprint density at radius 2 is 2.30 bits per heavy atom. The smallest absolute Gasteiger partial charge is 0.274 e. The van der Waals surface area contributed by atoms with Gasteiger partial charge in [-0.1, -0.05) is 5.16 Å². The molecule has 3 aromatic heterocycles. The fourth-order valence-electron chi connectivity index (χ4n) is 2.46. The molecule has 1 N–H and O–H groups in total. The van der Waals surface area contributed by atoms with E-state index in [0.717, 1.165) is 23.5 Å². The fraction of sp³-hybridized carbons (Fsp3) is 0.312. The van der Waals surface area contributed by atoms with Crippen LogP contribution in [0.4, 0.5) is 0 Å². The molecule has 1 amide bonds. The fourth-order valence-corrected chi connectivity index (χ4v) is 3.40. The summed E-state index contributed by atoms with van der Waals surface area (Å²) in [6, 6.07) is 5.05. The molecule has 1 aliphatic rings. The highest BCUT2D eigenvalue weighted by atomic mass is 32.1. The second-order valence-electron chi connectivity index (χ2n) is 5.67. The van der Waals surface area contributed by atoms with E-state index in [-0.39, 0.29) is 17.6 Å². The number of hydrogen-bond acceptors (Lipinski definition) is 6.